The summed E-state index contributed by atoms with van der Waals surface area (Å²) in [6, 6.07) is 11.0. The Labute approximate surface area is 157 Å². The summed E-state index contributed by atoms with van der Waals surface area (Å²) in [5.74, 6) is 0.682. The number of hydrogen-bond donors (Lipinski definition) is 3. The van der Waals surface area contributed by atoms with Crippen LogP contribution in [-0.4, -0.2) is 27.5 Å². The first-order valence-electron chi connectivity index (χ1n) is 7.76. The van der Waals surface area contributed by atoms with Gasteiger partial charge in [-0.2, -0.15) is 0 Å². The van der Waals surface area contributed by atoms with Crippen LogP contribution in [0.4, 0.5) is 0 Å². The van der Waals surface area contributed by atoms with Crippen LogP contribution in [0.15, 0.2) is 45.6 Å². The van der Waals surface area contributed by atoms with Crippen LogP contribution >= 0.6 is 22.9 Å². The molecule has 0 fully saturated rings. The zero-order valence-corrected chi connectivity index (χ0v) is 16.2. The third kappa shape index (κ3) is 6.66. The summed E-state index contributed by atoms with van der Waals surface area (Å²) in [4.78, 5) is 5.30. The molecule has 0 atom stereocenters. The minimum Gasteiger partial charge on any atom is -0.357 e. The molecule has 0 radical (unpaired) electrons. The third-order valence-corrected chi connectivity index (χ3v) is 6.03. The summed E-state index contributed by atoms with van der Waals surface area (Å²) in [5, 5.41) is 12.3. The molecular weight excluding hydrogens is 380 g/mol. The molecule has 0 saturated carbocycles. The normalized spacial score (nSPS) is 12.2. The van der Waals surface area contributed by atoms with Gasteiger partial charge >= 0.3 is 0 Å². The predicted octanol–water partition coefficient (Wildman–Crippen LogP) is 2.35. The maximum atomic E-state index is 11.3. The lowest BCUT2D eigenvalue weighted by molar-refractivity contribution is 0.600. The fraction of sp³-hybridized carbons (Fsp3) is 0.312. The maximum Gasteiger partial charge on any atom is 0.247 e. The van der Waals surface area contributed by atoms with Crippen molar-refractivity contribution in [2.75, 3.05) is 13.1 Å². The fourth-order valence-corrected chi connectivity index (χ4v) is 3.90. The Hall–Kier alpha value is -1.61. The van der Waals surface area contributed by atoms with Crippen molar-refractivity contribution in [3.05, 3.63) is 51.9 Å². The number of nitrogens with zero attached hydrogens (tertiary/aromatic N) is 1. The number of hydrogen-bond acceptors (Lipinski definition) is 4. The molecule has 0 spiro atoms. The summed E-state index contributed by atoms with van der Waals surface area (Å²) in [7, 11) is -3.65. The van der Waals surface area contributed by atoms with Gasteiger partial charge in [0.25, 0.3) is 0 Å². The largest absolute Gasteiger partial charge is 0.357 e. The van der Waals surface area contributed by atoms with E-state index in [0.717, 1.165) is 40.7 Å². The van der Waals surface area contributed by atoms with Crippen molar-refractivity contribution in [1.29, 1.82) is 0 Å². The first-order chi connectivity index (χ1) is 11.9. The van der Waals surface area contributed by atoms with E-state index in [1.165, 1.54) is 11.6 Å². The van der Waals surface area contributed by atoms with Gasteiger partial charge in [-0.25, -0.2) is 18.5 Å². The highest BCUT2D eigenvalue weighted by atomic mass is 35.5. The Kier molecular flexibility index (Phi) is 7.24. The molecular formula is C16H21ClN4O2S2. The number of sulfonamides is 1. The number of halogens is 1. The summed E-state index contributed by atoms with van der Waals surface area (Å²) in [6.45, 7) is 3.83. The van der Waals surface area contributed by atoms with Crippen LogP contribution in [0.2, 0.25) is 5.02 Å². The molecule has 1 aromatic carbocycles. The molecule has 1 aromatic heterocycles. The van der Waals surface area contributed by atoms with Gasteiger partial charge in [-0.05, 0) is 43.2 Å². The van der Waals surface area contributed by atoms with Gasteiger partial charge in [0.15, 0.2) is 5.96 Å². The lowest BCUT2D eigenvalue weighted by Crippen LogP contribution is -2.38. The average molecular weight is 401 g/mol. The van der Waals surface area contributed by atoms with Gasteiger partial charge in [-0.15, -0.1) is 11.3 Å². The van der Waals surface area contributed by atoms with Crippen LogP contribution in [0.5, 0.6) is 0 Å². The Bertz CT molecular complexity index is 817. The summed E-state index contributed by atoms with van der Waals surface area (Å²) >= 11 is 7.01. The van der Waals surface area contributed by atoms with Gasteiger partial charge in [-0.3, -0.25) is 0 Å². The van der Waals surface area contributed by atoms with E-state index in [0.29, 0.717) is 12.5 Å². The third-order valence-electron chi connectivity index (χ3n) is 3.27. The lowest BCUT2D eigenvalue weighted by atomic mass is 10.1. The van der Waals surface area contributed by atoms with E-state index in [-0.39, 0.29) is 4.21 Å². The van der Waals surface area contributed by atoms with Gasteiger partial charge in [-0.1, -0.05) is 23.7 Å². The van der Waals surface area contributed by atoms with Gasteiger partial charge < -0.3 is 10.6 Å². The highest BCUT2D eigenvalue weighted by Gasteiger charge is 2.10. The molecule has 1 heterocycles. The second-order valence-electron chi connectivity index (χ2n) is 5.26. The Balaban J connectivity index is 1.91. The van der Waals surface area contributed by atoms with Crippen molar-refractivity contribution in [2.24, 2.45) is 10.1 Å². The number of thiophene rings is 1. The number of nitrogens with two attached hydrogens (primary N) is 1. The summed E-state index contributed by atoms with van der Waals surface area (Å²) < 4.78 is 22.8. The number of guanidine groups is 1. The highest BCUT2D eigenvalue weighted by Crippen LogP contribution is 2.20. The van der Waals surface area contributed by atoms with E-state index < -0.39 is 10.0 Å². The van der Waals surface area contributed by atoms with Crippen LogP contribution in [0, 0.1) is 0 Å². The monoisotopic (exact) mass is 400 g/mol. The molecule has 4 N–H and O–H groups in total. The molecule has 0 aliphatic rings. The standard InChI is InChI=1S/C16H21ClN4O2S2/c1-2-19-16(20-10-9-12-3-5-13(17)6-4-12)21-11-14-7-8-15(24-14)25(18,22)23/h3-8H,2,9-11H2,1H3,(H2,18,22,23)(H2,19,20,21). The van der Waals surface area contributed by atoms with Crippen LogP contribution < -0.4 is 15.8 Å². The van der Waals surface area contributed by atoms with Gasteiger partial charge in [0.05, 0.1) is 6.54 Å². The van der Waals surface area contributed by atoms with Crippen molar-refractivity contribution in [3.63, 3.8) is 0 Å². The second kappa shape index (κ2) is 9.19. The zero-order valence-electron chi connectivity index (χ0n) is 13.8. The molecule has 2 rings (SSSR count). The molecule has 0 aliphatic heterocycles. The van der Waals surface area contributed by atoms with Gasteiger partial charge in [0.2, 0.25) is 10.0 Å². The molecule has 0 bridgehead atoms. The van der Waals surface area contributed by atoms with Crippen LogP contribution in [-0.2, 0) is 23.0 Å². The summed E-state index contributed by atoms with van der Waals surface area (Å²) in [5.41, 5.74) is 1.18. The highest BCUT2D eigenvalue weighted by molar-refractivity contribution is 7.91. The molecule has 0 saturated heterocycles. The zero-order chi connectivity index (χ0) is 18.3. The van der Waals surface area contributed by atoms with Gasteiger partial charge in [0, 0.05) is 23.0 Å². The SMILES string of the molecule is CCNC(=NCc1ccc(S(N)(=O)=O)s1)NCCc1ccc(Cl)cc1. The number of nitrogens with one attached hydrogen (secondary N) is 2. The molecule has 25 heavy (non-hydrogen) atoms. The second-order valence-corrected chi connectivity index (χ2v) is 8.66. The number of aliphatic imine (C=N–C) groups is 1. The molecule has 6 nitrogen and oxygen atoms in total. The fourth-order valence-electron chi connectivity index (χ4n) is 2.07. The molecule has 2 aromatic rings. The molecule has 136 valence electrons. The minimum absolute atomic E-state index is 0.151. The van der Waals surface area contributed by atoms with Crippen molar-refractivity contribution < 1.29 is 8.42 Å². The van der Waals surface area contributed by atoms with E-state index in [1.807, 2.05) is 31.2 Å². The quantitative estimate of drug-likeness (QED) is 0.491. The first kappa shape index (κ1) is 19.7. The molecule has 0 amide bonds. The maximum absolute atomic E-state index is 11.3. The van der Waals surface area contributed by atoms with Crippen LogP contribution in [0.25, 0.3) is 0 Å². The van der Waals surface area contributed by atoms with Crippen LogP contribution in [0.1, 0.15) is 17.4 Å². The number of primary sulfonamides is 1. The predicted molar refractivity (Wildman–Crippen MR) is 104 cm³/mol. The van der Waals surface area contributed by atoms with Gasteiger partial charge in [0.1, 0.15) is 4.21 Å². The van der Waals surface area contributed by atoms with E-state index in [4.69, 9.17) is 16.7 Å². The van der Waals surface area contributed by atoms with Crippen molar-refractivity contribution >= 4 is 38.9 Å². The van der Waals surface area contributed by atoms with Crippen molar-refractivity contribution in [1.82, 2.24) is 10.6 Å². The summed E-state index contributed by atoms with van der Waals surface area (Å²) in [6.07, 6.45) is 0.843. The first-order valence-corrected chi connectivity index (χ1v) is 10.5. The van der Waals surface area contributed by atoms with E-state index in [1.54, 1.807) is 6.07 Å². The average Bonchev–Trinajstić information content (AvgIpc) is 3.04. The number of benzene rings is 1. The number of rotatable bonds is 7. The Morgan fingerprint density at radius 2 is 1.92 bits per heavy atom. The lowest BCUT2D eigenvalue weighted by Gasteiger charge is -2.11. The van der Waals surface area contributed by atoms with E-state index in [2.05, 4.69) is 15.6 Å². The molecule has 0 unspecified atom stereocenters. The Morgan fingerprint density at radius 1 is 1.20 bits per heavy atom. The smallest absolute Gasteiger partial charge is 0.247 e. The van der Waals surface area contributed by atoms with Crippen molar-refractivity contribution in [2.45, 2.75) is 24.1 Å². The van der Waals surface area contributed by atoms with E-state index in [9.17, 15) is 8.42 Å². The molecule has 0 aliphatic carbocycles. The topological polar surface area (TPSA) is 96.6 Å². The van der Waals surface area contributed by atoms with E-state index >= 15 is 0 Å². The van der Waals surface area contributed by atoms with Crippen molar-refractivity contribution in [3.8, 4) is 0 Å². The van der Waals surface area contributed by atoms with Crippen LogP contribution in [0.3, 0.4) is 0 Å². The molecule has 9 heteroatoms. The Morgan fingerprint density at radius 3 is 2.52 bits per heavy atom. The minimum atomic E-state index is -3.65.